The van der Waals surface area contributed by atoms with E-state index in [2.05, 4.69) is 15.9 Å². The average molecular weight is 283 g/mol. The standard InChI is InChI=1S/C10H10BrF3O/c1-2-9(15)7-4-3-6(11)5-8(7)10(12,13)14/h3-5,9,15H,2H2,1H3/t9-/m1/s1. The van der Waals surface area contributed by atoms with Crippen molar-refractivity contribution in [1.29, 1.82) is 0 Å². The van der Waals surface area contributed by atoms with Crippen molar-refractivity contribution in [3.05, 3.63) is 33.8 Å². The van der Waals surface area contributed by atoms with E-state index < -0.39 is 17.8 Å². The lowest BCUT2D eigenvalue weighted by molar-refractivity contribution is -0.139. The number of aliphatic hydroxyl groups excluding tert-OH is 1. The summed E-state index contributed by atoms with van der Waals surface area (Å²) in [7, 11) is 0. The molecule has 0 heterocycles. The van der Waals surface area contributed by atoms with Crippen LogP contribution in [0, 0.1) is 0 Å². The van der Waals surface area contributed by atoms with Crippen LogP contribution in [0.5, 0.6) is 0 Å². The molecule has 0 aliphatic carbocycles. The highest BCUT2D eigenvalue weighted by molar-refractivity contribution is 9.10. The third-order valence-corrected chi connectivity index (χ3v) is 2.56. The van der Waals surface area contributed by atoms with Gasteiger partial charge in [0.25, 0.3) is 0 Å². The average Bonchev–Trinajstić information content (AvgIpc) is 2.15. The van der Waals surface area contributed by atoms with Crippen LogP contribution in [-0.2, 0) is 6.18 Å². The molecule has 0 aliphatic heterocycles. The van der Waals surface area contributed by atoms with Crippen LogP contribution in [0.2, 0.25) is 0 Å². The molecule has 0 bridgehead atoms. The van der Waals surface area contributed by atoms with Crippen LogP contribution in [0.4, 0.5) is 13.2 Å². The molecule has 84 valence electrons. The molecular formula is C10H10BrF3O. The summed E-state index contributed by atoms with van der Waals surface area (Å²) in [5.41, 5.74) is -0.862. The van der Waals surface area contributed by atoms with Gasteiger partial charge in [0, 0.05) is 4.47 Å². The molecule has 0 unspecified atom stereocenters. The number of alkyl halides is 3. The molecule has 0 aliphatic rings. The molecule has 15 heavy (non-hydrogen) atoms. The van der Waals surface area contributed by atoms with Crippen LogP contribution >= 0.6 is 15.9 Å². The Hall–Kier alpha value is -0.550. The molecule has 0 saturated heterocycles. The zero-order valence-electron chi connectivity index (χ0n) is 7.98. The number of hydrogen-bond acceptors (Lipinski definition) is 1. The molecule has 1 N–H and O–H groups in total. The molecule has 0 fully saturated rings. The molecule has 1 rings (SSSR count). The summed E-state index contributed by atoms with van der Waals surface area (Å²) >= 11 is 2.98. The summed E-state index contributed by atoms with van der Waals surface area (Å²) in [5.74, 6) is 0. The SMILES string of the molecule is CC[C@@H](O)c1ccc(Br)cc1C(F)(F)F. The van der Waals surface area contributed by atoms with Gasteiger partial charge in [-0.05, 0) is 24.1 Å². The van der Waals surface area contributed by atoms with Gasteiger partial charge in [-0.1, -0.05) is 28.9 Å². The second kappa shape index (κ2) is 4.53. The van der Waals surface area contributed by atoms with E-state index in [9.17, 15) is 18.3 Å². The number of halogens is 4. The molecule has 0 radical (unpaired) electrons. The first-order valence-corrected chi connectivity index (χ1v) is 5.20. The van der Waals surface area contributed by atoms with Gasteiger partial charge < -0.3 is 5.11 Å². The molecular weight excluding hydrogens is 273 g/mol. The van der Waals surface area contributed by atoms with Crippen molar-refractivity contribution < 1.29 is 18.3 Å². The van der Waals surface area contributed by atoms with Gasteiger partial charge in [0.2, 0.25) is 0 Å². The second-order valence-corrected chi connectivity index (χ2v) is 4.07. The van der Waals surface area contributed by atoms with Crippen molar-refractivity contribution in [3.8, 4) is 0 Å². The molecule has 0 amide bonds. The van der Waals surface area contributed by atoms with Gasteiger partial charge in [0.1, 0.15) is 0 Å². The first kappa shape index (κ1) is 12.5. The minimum absolute atomic E-state index is 0.0757. The molecule has 0 saturated carbocycles. The Morgan fingerprint density at radius 3 is 2.47 bits per heavy atom. The predicted molar refractivity (Wildman–Crippen MR) is 54.4 cm³/mol. The molecule has 1 aromatic rings. The fourth-order valence-electron chi connectivity index (χ4n) is 1.28. The maximum Gasteiger partial charge on any atom is 0.416 e. The normalized spacial score (nSPS) is 14.0. The first-order chi connectivity index (χ1) is 6.86. The van der Waals surface area contributed by atoms with Crippen molar-refractivity contribution in [2.24, 2.45) is 0 Å². The Morgan fingerprint density at radius 1 is 1.40 bits per heavy atom. The second-order valence-electron chi connectivity index (χ2n) is 3.15. The van der Waals surface area contributed by atoms with E-state index in [1.807, 2.05) is 0 Å². The number of aliphatic hydroxyl groups is 1. The summed E-state index contributed by atoms with van der Waals surface area (Å²) in [4.78, 5) is 0. The zero-order valence-corrected chi connectivity index (χ0v) is 9.56. The van der Waals surface area contributed by atoms with Gasteiger partial charge in [0.15, 0.2) is 0 Å². The lowest BCUT2D eigenvalue weighted by Crippen LogP contribution is -2.11. The van der Waals surface area contributed by atoms with Crippen LogP contribution in [0.25, 0.3) is 0 Å². The highest BCUT2D eigenvalue weighted by atomic mass is 79.9. The van der Waals surface area contributed by atoms with Crippen LogP contribution in [-0.4, -0.2) is 5.11 Å². The van der Waals surface area contributed by atoms with E-state index in [1.165, 1.54) is 12.1 Å². The number of benzene rings is 1. The smallest absolute Gasteiger partial charge is 0.388 e. The van der Waals surface area contributed by atoms with Crippen molar-refractivity contribution in [3.63, 3.8) is 0 Å². The summed E-state index contributed by atoms with van der Waals surface area (Å²) in [6, 6.07) is 3.76. The van der Waals surface area contributed by atoms with Crippen LogP contribution < -0.4 is 0 Å². The Labute approximate surface area is 94.0 Å². The molecule has 0 spiro atoms. The Bertz CT molecular complexity index is 349. The third-order valence-electron chi connectivity index (χ3n) is 2.07. The molecule has 1 aromatic carbocycles. The Kier molecular flexibility index (Phi) is 3.78. The largest absolute Gasteiger partial charge is 0.416 e. The van der Waals surface area contributed by atoms with Gasteiger partial charge in [0.05, 0.1) is 11.7 Å². The fourth-order valence-corrected chi connectivity index (χ4v) is 1.65. The maximum absolute atomic E-state index is 12.6. The lowest BCUT2D eigenvalue weighted by atomic mass is 10.0. The fraction of sp³-hybridized carbons (Fsp3) is 0.400. The quantitative estimate of drug-likeness (QED) is 0.872. The summed E-state index contributed by atoms with van der Waals surface area (Å²) in [6.07, 6.45) is -5.25. The minimum atomic E-state index is -4.44. The van der Waals surface area contributed by atoms with E-state index >= 15 is 0 Å². The van der Waals surface area contributed by atoms with E-state index in [0.29, 0.717) is 4.47 Å². The topological polar surface area (TPSA) is 20.2 Å². The van der Waals surface area contributed by atoms with Crippen molar-refractivity contribution in [2.45, 2.75) is 25.6 Å². The van der Waals surface area contributed by atoms with Gasteiger partial charge in [-0.15, -0.1) is 0 Å². The van der Waals surface area contributed by atoms with Crippen LogP contribution in [0.3, 0.4) is 0 Å². The zero-order chi connectivity index (χ0) is 11.6. The lowest BCUT2D eigenvalue weighted by Gasteiger charge is -2.16. The number of hydrogen-bond donors (Lipinski definition) is 1. The van der Waals surface area contributed by atoms with Gasteiger partial charge in [-0.2, -0.15) is 13.2 Å². The van der Waals surface area contributed by atoms with Crippen molar-refractivity contribution in [1.82, 2.24) is 0 Å². The number of rotatable bonds is 2. The Balaban J connectivity index is 3.27. The molecule has 5 heteroatoms. The maximum atomic E-state index is 12.6. The van der Waals surface area contributed by atoms with E-state index in [-0.39, 0.29) is 12.0 Å². The third kappa shape index (κ3) is 2.95. The van der Waals surface area contributed by atoms with Crippen molar-refractivity contribution in [2.75, 3.05) is 0 Å². The monoisotopic (exact) mass is 282 g/mol. The molecule has 1 nitrogen and oxygen atoms in total. The van der Waals surface area contributed by atoms with Gasteiger partial charge in [-0.25, -0.2) is 0 Å². The highest BCUT2D eigenvalue weighted by Crippen LogP contribution is 2.36. The van der Waals surface area contributed by atoms with Gasteiger partial charge >= 0.3 is 6.18 Å². The van der Waals surface area contributed by atoms with Crippen molar-refractivity contribution >= 4 is 15.9 Å². The van der Waals surface area contributed by atoms with Crippen LogP contribution in [0.1, 0.15) is 30.6 Å². The van der Waals surface area contributed by atoms with E-state index in [4.69, 9.17) is 0 Å². The summed E-state index contributed by atoms with van der Waals surface area (Å²) in [6.45, 7) is 1.63. The molecule has 1 atom stereocenters. The minimum Gasteiger partial charge on any atom is -0.388 e. The highest BCUT2D eigenvalue weighted by Gasteiger charge is 2.34. The molecule has 0 aromatic heterocycles. The first-order valence-electron chi connectivity index (χ1n) is 4.41. The van der Waals surface area contributed by atoms with Crippen LogP contribution in [0.15, 0.2) is 22.7 Å². The summed E-state index contributed by atoms with van der Waals surface area (Å²) < 4.78 is 38.1. The van der Waals surface area contributed by atoms with Gasteiger partial charge in [-0.3, -0.25) is 0 Å². The summed E-state index contributed by atoms with van der Waals surface area (Å²) in [5, 5.41) is 9.45. The van der Waals surface area contributed by atoms with E-state index in [0.717, 1.165) is 6.07 Å². The Morgan fingerprint density at radius 2 is 2.00 bits per heavy atom. The predicted octanol–water partition coefficient (Wildman–Crippen LogP) is 3.91. The van der Waals surface area contributed by atoms with E-state index in [1.54, 1.807) is 6.92 Å².